The van der Waals surface area contributed by atoms with Crippen molar-refractivity contribution < 1.29 is 5.11 Å². The Bertz CT molecular complexity index is 559. The third kappa shape index (κ3) is 1.95. The van der Waals surface area contributed by atoms with Crippen molar-refractivity contribution >= 4 is 22.5 Å². The maximum absolute atomic E-state index is 9.47. The highest BCUT2D eigenvalue weighted by molar-refractivity contribution is 6.28. The van der Waals surface area contributed by atoms with Crippen LogP contribution in [-0.2, 0) is 0 Å². The largest absolute Gasteiger partial charge is 0.508 e. The van der Waals surface area contributed by atoms with Crippen molar-refractivity contribution in [3.05, 3.63) is 29.2 Å². The predicted molar refractivity (Wildman–Crippen MR) is 67.4 cm³/mol. The molecule has 1 aliphatic rings. The Morgan fingerprint density at radius 2 is 1.94 bits per heavy atom. The molecule has 0 unspecified atom stereocenters. The first kappa shape index (κ1) is 10.8. The van der Waals surface area contributed by atoms with Crippen LogP contribution < -0.4 is 0 Å². The second-order valence-electron chi connectivity index (χ2n) is 4.56. The van der Waals surface area contributed by atoms with Crippen LogP contribution in [0.2, 0.25) is 5.28 Å². The van der Waals surface area contributed by atoms with Gasteiger partial charge in [0.2, 0.25) is 5.28 Å². The molecule has 4 heteroatoms. The van der Waals surface area contributed by atoms with E-state index in [1.165, 1.54) is 25.7 Å². The summed E-state index contributed by atoms with van der Waals surface area (Å²) in [6.07, 6.45) is 4.85. The molecule has 1 heterocycles. The summed E-state index contributed by atoms with van der Waals surface area (Å²) in [5, 5.41) is 10.8. The minimum atomic E-state index is 0.213. The number of fused-ring (bicyclic) bond motifs is 1. The SMILES string of the molecule is Oc1ccc2c(C3CCCC3)nc(Cl)nc2c1. The van der Waals surface area contributed by atoms with Crippen molar-refractivity contribution in [2.75, 3.05) is 0 Å². The molecular weight excluding hydrogens is 236 g/mol. The molecule has 1 saturated carbocycles. The Kier molecular flexibility index (Phi) is 2.63. The summed E-state index contributed by atoms with van der Waals surface area (Å²) >= 11 is 5.95. The van der Waals surface area contributed by atoms with Crippen molar-refractivity contribution in [2.45, 2.75) is 31.6 Å². The first-order valence-electron chi connectivity index (χ1n) is 5.90. The van der Waals surface area contributed by atoms with E-state index in [9.17, 15) is 5.11 Å². The molecular formula is C13H13ClN2O. The van der Waals surface area contributed by atoms with Gasteiger partial charge in [-0.25, -0.2) is 9.97 Å². The molecule has 0 saturated heterocycles. The monoisotopic (exact) mass is 248 g/mol. The first-order chi connectivity index (χ1) is 8.24. The smallest absolute Gasteiger partial charge is 0.223 e. The van der Waals surface area contributed by atoms with Crippen LogP contribution in [0.5, 0.6) is 5.75 Å². The van der Waals surface area contributed by atoms with Crippen LogP contribution in [0.15, 0.2) is 18.2 Å². The number of rotatable bonds is 1. The van der Waals surface area contributed by atoms with Gasteiger partial charge in [-0.05, 0) is 36.6 Å². The van der Waals surface area contributed by atoms with Gasteiger partial charge in [0, 0.05) is 17.4 Å². The van der Waals surface area contributed by atoms with Gasteiger partial charge < -0.3 is 5.11 Å². The molecule has 0 spiro atoms. The fourth-order valence-corrected chi connectivity index (χ4v) is 2.81. The number of benzene rings is 1. The second-order valence-corrected chi connectivity index (χ2v) is 4.90. The normalized spacial score (nSPS) is 16.8. The van der Waals surface area contributed by atoms with Crippen LogP contribution in [0.25, 0.3) is 10.9 Å². The zero-order valence-corrected chi connectivity index (χ0v) is 10.1. The van der Waals surface area contributed by atoms with Crippen LogP contribution in [0.4, 0.5) is 0 Å². The molecule has 1 fully saturated rings. The lowest BCUT2D eigenvalue weighted by Gasteiger charge is -2.11. The molecule has 3 rings (SSSR count). The molecule has 0 amide bonds. The Balaban J connectivity index is 2.21. The Morgan fingerprint density at radius 1 is 1.18 bits per heavy atom. The number of aromatic hydroxyl groups is 1. The maximum Gasteiger partial charge on any atom is 0.223 e. The molecule has 1 N–H and O–H groups in total. The minimum absolute atomic E-state index is 0.213. The fourth-order valence-electron chi connectivity index (χ4n) is 2.62. The van der Waals surface area contributed by atoms with Crippen LogP contribution in [0.1, 0.15) is 37.3 Å². The molecule has 0 aliphatic heterocycles. The highest BCUT2D eigenvalue weighted by atomic mass is 35.5. The third-order valence-corrected chi connectivity index (χ3v) is 3.59. The maximum atomic E-state index is 9.47. The number of aromatic nitrogens is 2. The zero-order chi connectivity index (χ0) is 11.8. The quantitative estimate of drug-likeness (QED) is 0.784. The summed E-state index contributed by atoms with van der Waals surface area (Å²) < 4.78 is 0. The van der Waals surface area contributed by atoms with Gasteiger partial charge in [-0.15, -0.1) is 0 Å². The van der Waals surface area contributed by atoms with Gasteiger partial charge in [-0.2, -0.15) is 0 Å². The predicted octanol–water partition coefficient (Wildman–Crippen LogP) is 3.65. The number of phenolic OH excluding ortho intramolecular Hbond substituents is 1. The molecule has 1 aromatic heterocycles. The number of nitrogens with zero attached hydrogens (tertiary/aromatic N) is 2. The lowest BCUT2D eigenvalue weighted by molar-refractivity contribution is 0.476. The van der Waals surface area contributed by atoms with Gasteiger partial charge >= 0.3 is 0 Å². The fraction of sp³-hybridized carbons (Fsp3) is 0.385. The van der Waals surface area contributed by atoms with E-state index in [1.54, 1.807) is 12.1 Å². The Morgan fingerprint density at radius 3 is 2.71 bits per heavy atom. The lowest BCUT2D eigenvalue weighted by Crippen LogP contribution is -2.00. The average molecular weight is 249 g/mol. The Labute approximate surface area is 104 Å². The lowest BCUT2D eigenvalue weighted by atomic mass is 9.99. The second kappa shape index (κ2) is 4.15. The standard InChI is InChI=1S/C13H13ClN2O/c14-13-15-11-7-9(17)5-6-10(11)12(16-13)8-3-1-2-4-8/h5-8,17H,1-4H2. The van der Waals surface area contributed by atoms with Gasteiger partial charge in [0.1, 0.15) is 5.75 Å². The number of hydrogen-bond donors (Lipinski definition) is 1. The number of halogens is 1. The molecule has 0 atom stereocenters. The molecule has 1 aliphatic carbocycles. The van der Waals surface area contributed by atoms with E-state index in [4.69, 9.17) is 11.6 Å². The van der Waals surface area contributed by atoms with E-state index in [-0.39, 0.29) is 11.0 Å². The summed E-state index contributed by atoms with van der Waals surface area (Å²) in [5.41, 5.74) is 1.77. The summed E-state index contributed by atoms with van der Waals surface area (Å²) in [6, 6.07) is 5.20. The van der Waals surface area contributed by atoms with Gasteiger partial charge in [-0.1, -0.05) is 12.8 Å². The van der Waals surface area contributed by atoms with Crippen molar-refractivity contribution in [1.82, 2.24) is 9.97 Å². The minimum Gasteiger partial charge on any atom is -0.508 e. The van der Waals surface area contributed by atoms with E-state index in [1.807, 2.05) is 6.07 Å². The highest BCUT2D eigenvalue weighted by Gasteiger charge is 2.21. The van der Waals surface area contributed by atoms with E-state index in [2.05, 4.69) is 9.97 Å². The summed E-state index contributed by atoms with van der Waals surface area (Å²) in [5.74, 6) is 0.701. The van der Waals surface area contributed by atoms with Crippen molar-refractivity contribution in [1.29, 1.82) is 0 Å². The van der Waals surface area contributed by atoms with Gasteiger partial charge in [0.25, 0.3) is 0 Å². The van der Waals surface area contributed by atoms with Crippen molar-refractivity contribution in [3.63, 3.8) is 0 Å². The third-order valence-electron chi connectivity index (χ3n) is 3.42. The first-order valence-corrected chi connectivity index (χ1v) is 6.28. The van der Waals surface area contributed by atoms with Crippen LogP contribution in [-0.4, -0.2) is 15.1 Å². The van der Waals surface area contributed by atoms with Crippen molar-refractivity contribution in [3.8, 4) is 5.75 Å². The summed E-state index contributed by atoms with van der Waals surface area (Å²) in [7, 11) is 0. The molecule has 0 bridgehead atoms. The number of phenols is 1. The van der Waals surface area contributed by atoms with E-state index < -0.39 is 0 Å². The van der Waals surface area contributed by atoms with Crippen LogP contribution in [0.3, 0.4) is 0 Å². The molecule has 3 nitrogen and oxygen atoms in total. The zero-order valence-electron chi connectivity index (χ0n) is 9.36. The molecule has 0 radical (unpaired) electrons. The highest BCUT2D eigenvalue weighted by Crippen LogP contribution is 2.37. The average Bonchev–Trinajstić information content (AvgIpc) is 2.80. The molecule has 1 aromatic carbocycles. The van der Waals surface area contributed by atoms with Crippen molar-refractivity contribution in [2.24, 2.45) is 0 Å². The molecule has 88 valence electrons. The topological polar surface area (TPSA) is 46.0 Å². The number of hydrogen-bond acceptors (Lipinski definition) is 3. The van der Waals surface area contributed by atoms with E-state index in [0.717, 1.165) is 16.6 Å². The Hall–Kier alpha value is -1.35. The van der Waals surface area contributed by atoms with Crippen LogP contribution in [0, 0.1) is 0 Å². The molecule has 17 heavy (non-hydrogen) atoms. The summed E-state index contributed by atoms with van der Waals surface area (Å²) in [4.78, 5) is 8.55. The summed E-state index contributed by atoms with van der Waals surface area (Å²) in [6.45, 7) is 0. The van der Waals surface area contributed by atoms with E-state index >= 15 is 0 Å². The van der Waals surface area contributed by atoms with Gasteiger partial charge in [0.15, 0.2) is 0 Å². The van der Waals surface area contributed by atoms with Gasteiger partial charge in [0.05, 0.1) is 11.2 Å². The van der Waals surface area contributed by atoms with Gasteiger partial charge in [-0.3, -0.25) is 0 Å². The van der Waals surface area contributed by atoms with Crippen LogP contribution >= 0.6 is 11.6 Å². The van der Waals surface area contributed by atoms with E-state index in [0.29, 0.717) is 5.92 Å². The molecule has 2 aromatic rings.